The van der Waals surface area contributed by atoms with Crippen molar-refractivity contribution in [3.63, 3.8) is 0 Å². The average molecular weight is 368 g/mol. The predicted octanol–water partition coefficient (Wildman–Crippen LogP) is 2.31. The zero-order chi connectivity index (χ0) is 18.4. The molecule has 1 amide bonds. The molecule has 1 aliphatic rings. The van der Waals surface area contributed by atoms with Crippen LogP contribution in [0.5, 0.6) is 5.75 Å². The maximum Gasteiger partial charge on any atom is 0.224 e. The van der Waals surface area contributed by atoms with Crippen molar-refractivity contribution in [2.24, 2.45) is 0 Å². The van der Waals surface area contributed by atoms with E-state index in [1.165, 1.54) is 0 Å². The highest BCUT2D eigenvalue weighted by atomic mass is 32.2. The van der Waals surface area contributed by atoms with E-state index in [0.29, 0.717) is 25.9 Å². The Bertz CT molecular complexity index is 671. The second-order valence-electron chi connectivity index (χ2n) is 6.60. The van der Waals surface area contributed by atoms with E-state index in [0.717, 1.165) is 11.4 Å². The summed E-state index contributed by atoms with van der Waals surface area (Å²) < 4.78 is 28.8. The number of anilines is 1. The summed E-state index contributed by atoms with van der Waals surface area (Å²) in [5.41, 5.74) is 0.926. The van der Waals surface area contributed by atoms with Gasteiger partial charge in [0, 0.05) is 31.2 Å². The van der Waals surface area contributed by atoms with Crippen molar-refractivity contribution in [1.82, 2.24) is 4.90 Å². The number of hydrogen-bond donors (Lipinski definition) is 1. The van der Waals surface area contributed by atoms with Crippen molar-refractivity contribution in [2.45, 2.75) is 45.8 Å². The van der Waals surface area contributed by atoms with Crippen molar-refractivity contribution < 1.29 is 17.9 Å². The van der Waals surface area contributed by atoms with Gasteiger partial charge in [-0.05, 0) is 51.5 Å². The third kappa shape index (κ3) is 5.92. The predicted molar refractivity (Wildman–Crippen MR) is 99.8 cm³/mol. The summed E-state index contributed by atoms with van der Waals surface area (Å²) in [6.45, 7) is 6.91. The molecule has 1 N–H and O–H groups in total. The Morgan fingerprint density at radius 2 is 2.00 bits per heavy atom. The van der Waals surface area contributed by atoms with Crippen LogP contribution < -0.4 is 10.1 Å². The number of rotatable bonds is 8. The monoisotopic (exact) mass is 368 g/mol. The fraction of sp³-hybridized carbons (Fsp3) is 0.611. The molecule has 0 aliphatic carbocycles. The maximum atomic E-state index is 12.4. The first-order valence-corrected chi connectivity index (χ1v) is 10.6. The lowest BCUT2D eigenvalue weighted by Gasteiger charge is -2.27. The quantitative estimate of drug-likeness (QED) is 0.762. The van der Waals surface area contributed by atoms with Crippen LogP contribution in [-0.2, 0) is 14.6 Å². The molecule has 1 unspecified atom stereocenters. The van der Waals surface area contributed by atoms with Crippen LogP contribution in [0.15, 0.2) is 24.3 Å². The highest BCUT2D eigenvalue weighted by Crippen LogP contribution is 2.19. The van der Waals surface area contributed by atoms with E-state index in [-0.39, 0.29) is 29.6 Å². The molecule has 1 saturated heterocycles. The van der Waals surface area contributed by atoms with Crippen LogP contribution in [-0.4, -0.2) is 56.0 Å². The van der Waals surface area contributed by atoms with Crippen molar-refractivity contribution in [3.8, 4) is 5.75 Å². The van der Waals surface area contributed by atoms with Crippen LogP contribution in [0.2, 0.25) is 0 Å². The summed E-state index contributed by atoms with van der Waals surface area (Å²) in [7, 11) is -2.98. The van der Waals surface area contributed by atoms with Crippen LogP contribution in [0.4, 0.5) is 5.69 Å². The first-order valence-electron chi connectivity index (χ1n) is 8.81. The lowest BCUT2D eigenvalue weighted by atomic mass is 10.2. The molecular weight excluding hydrogens is 340 g/mol. The van der Waals surface area contributed by atoms with Crippen LogP contribution in [0, 0.1) is 0 Å². The number of hydrogen-bond acceptors (Lipinski definition) is 5. The number of sulfone groups is 1. The Kier molecular flexibility index (Phi) is 6.70. The molecule has 1 atom stereocenters. The SMILES string of the molecule is CCN(C(=O)CCNc1ccc(OC(C)C)cc1)C1CCS(=O)(=O)C1. The van der Waals surface area contributed by atoms with Crippen molar-refractivity contribution in [3.05, 3.63) is 24.3 Å². The van der Waals surface area contributed by atoms with Crippen molar-refractivity contribution in [1.29, 1.82) is 0 Å². The zero-order valence-corrected chi connectivity index (χ0v) is 16.0. The molecule has 0 radical (unpaired) electrons. The third-order valence-electron chi connectivity index (χ3n) is 4.20. The molecule has 1 aliphatic heterocycles. The summed E-state index contributed by atoms with van der Waals surface area (Å²) in [6, 6.07) is 7.46. The highest BCUT2D eigenvalue weighted by Gasteiger charge is 2.33. The molecule has 25 heavy (non-hydrogen) atoms. The summed E-state index contributed by atoms with van der Waals surface area (Å²) in [4.78, 5) is 14.1. The van der Waals surface area contributed by atoms with Gasteiger partial charge in [0.25, 0.3) is 0 Å². The van der Waals surface area contributed by atoms with Gasteiger partial charge in [-0.2, -0.15) is 0 Å². The molecule has 0 aromatic heterocycles. The Morgan fingerprint density at radius 1 is 1.32 bits per heavy atom. The summed E-state index contributed by atoms with van der Waals surface area (Å²) >= 11 is 0. The minimum Gasteiger partial charge on any atom is -0.491 e. The molecule has 0 spiro atoms. The van der Waals surface area contributed by atoms with E-state index in [2.05, 4.69) is 5.32 Å². The largest absolute Gasteiger partial charge is 0.491 e. The zero-order valence-electron chi connectivity index (χ0n) is 15.2. The first-order chi connectivity index (χ1) is 11.8. The fourth-order valence-corrected chi connectivity index (χ4v) is 4.77. The Balaban J connectivity index is 1.81. The number of carbonyl (C=O) groups excluding carboxylic acids is 1. The normalized spacial score (nSPS) is 19.0. The van der Waals surface area contributed by atoms with E-state index in [1.807, 2.05) is 45.0 Å². The molecule has 1 fully saturated rings. The summed E-state index contributed by atoms with van der Waals surface area (Å²) in [5.74, 6) is 1.09. The number of nitrogens with zero attached hydrogens (tertiary/aromatic N) is 1. The molecule has 1 aromatic rings. The van der Waals surface area contributed by atoms with Gasteiger partial charge in [-0.15, -0.1) is 0 Å². The standard InChI is InChI=1S/C18H28N2O4S/c1-4-20(16-10-12-25(22,23)13-16)18(21)9-11-19-15-5-7-17(8-6-15)24-14(2)3/h5-8,14,16,19H,4,9-13H2,1-3H3. The topological polar surface area (TPSA) is 75.7 Å². The Morgan fingerprint density at radius 3 is 2.52 bits per heavy atom. The maximum absolute atomic E-state index is 12.4. The van der Waals surface area contributed by atoms with E-state index in [1.54, 1.807) is 4.90 Å². The van der Waals surface area contributed by atoms with Crippen LogP contribution in [0.1, 0.15) is 33.6 Å². The molecule has 1 heterocycles. The molecule has 1 aromatic carbocycles. The lowest BCUT2D eigenvalue weighted by molar-refractivity contribution is -0.132. The van der Waals surface area contributed by atoms with Gasteiger partial charge in [0.15, 0.2) is 9.84 Å². The average Bonchev–Trinajstić information content (AvgIpc) is 2.89. The summed E-state index contributed by atoms with van der Waals surface area (Å²) in [6.07, 6.45) is 1.03. The van der Waals surface area contributed by atoms with E-state index in [4.69, 9.17) is 4.74 Å². The first kappa shape index (κ1) is 19.6. The van der Waals surface area contributed by atoms with Crippen molar-refractivity contribution in [2.75, 3.05) is 29.9 Å². The molecule has 0 bridgehead atoms. The van der Waals surface area contributed by atoms with Crippen LogP contribution in [0.25, 0.3) is 0 Å². The van der Waals surface area contributed by atoms with Gasteiger partial charge in [0.05, 0.1) is 17.6 Å². The molecular formula is C18H28N2O4S. The van der Waals surface area contributed by atoms with Gasteiger partial charge in [-0.25, -0.2) is 8.42 Å². The number of nitrogens with one attached hydrogen (secondary N) is 1. The van der Waals surface area contributed by atoms with Gasteiger partial charge in [0.2, 0.25) is 5.91 Å². The van der Waals surface area contributed by atoms with E-state index in [9.17, 15) is 13.2 Å². The Labute approximate surface area is 150 Å². The van der Waals surface area contributed by atoms with Gasteiger partial charge < -0.3 is 15.0 Å². The number of ether oxygens (including phenoxy) is 1. The van der Waals surface area contributed by atoms with Gasteiger partial charge >= 0.3 is 0 Å². The molecule has 6 nitrogen and oxygen atoms in total. The Hall–Kier alpha value is -1.76. The molecule has 2 rings (SSSR count). The van der Waals surface area contributed by atoms with Gasteiger partial charge in [0.1, 0.15) is 5.75 Å². The van der Waals surface area contributed by atoms with Crippen molar-refractivity contribution >= 4 is 21.4 Å². The van der Waals surface area contributed by atoms with Crippen LogP contribution >= 0.6 is 0 Å². The minimum atomic E-state index is -2.98. The molecule has 140 valence electrons. The number of amides is 1. The smallest absolute Gasteiger partial charge is 0.224 e. The van der Waals surface area contributed by atoms with E-state index < -0.39 is 9.84 Å². The van der Waals surface area contributed by atoms with Gasteiger partial charge in [-0.3, -0.25) is 4.79 Å². The second-order valence-corrected chi connectivity index (χ2v) is 8.83. The van der Waals surface area contributed by atoms with Crippen LogP contribution in [0.3, 0.4) is 0 Å². The van der Waals surface area contributed by atoms with Gasteiger partial charge in [-0.1, -0.05) is 0 Å². The fourth-order valence-electron chi connectivity index (χ4n) is 3.04. The third-order valence-corrected chi connectivity index (χ3v) is 5.95. The minimum absolute atomic E-state index is 0.00291. The summed E-state index contributed by atoms with van der Waals surface area (Å²) in [5, 5.41) is 3.22. The number of carbonyl (C=O) groups is 1. The highest BCUT2D eigenvalue weighted by molar-refractivity contribution is 7.91. The number of benzene rings is 1. The van der Waals surface area contributed by atoms with E-state index >= 15 is 0 Å². The molecule has 7 heteroatoms. The lowest BCUT2D eigenvalue weighted by Crippen LogP contribution is -2.41. The molecule has 0 saturated carbocycles. The second kappa shape index (κ2) is 8.56.